The van der Waals surface area contributed by atoms with Crippen LogP contribution in [-0.2, 0) is 14.3 Å². The van der Waals surface area contributed by atoms with E-state index in [2.05, 4.69) is 6.92 Å². The van der Waals surface area contributed by atoms with Gasteiger partial charge in [-0.1, -0.05) is 19.8 Å². The van der Waals surface area contributed by atoms with Crippen LogP contribution in [-0.4, -0.2) is 51.5 Å². The average Bonchev–Trinajstić information content (AvgIpc) is 2.43. The third kappa shape index (κ3) is 7.07. The molecule has 0 rings (SSSR count). The smallest absolute Gasteiger partial charge is 0.261 e. The normalized spacial score (nSPS) is 17.1. The minimum Gasteiger partial charge on any atom is -0.486 e. The van der Waals surface area contributed by atoms with Crippen molar-refractivity contribution < 1.29 is 29.6 Å². The summed E-state index contributed by atoms with van der Waals surface area (Å²) in [6, 6.07) is 0. The zero-order valence-corrected chi connectivity index (χ0v) is 12.0. The molecule has 0 saturated heterocycles. The van der Waals surface area contributed by atoms with Crippen molar-refractivity contribution >= 4 is 11.8 Å². The number of aliphatic hydroxyl groups excluding tert-OH is 3. The molecule has 0 aromatic rings. The Bertz CT molecular complexity index is 361. The van der Waals surface area contributed by atoms with E-state index in [1.165, 1.54) is 6.26 Å². The molecule has 0 spiro atoms. The zero-order chi connectivity index (χ0) is 16.4. The van der Waals surface area contributed by atoms with Crippen LogP contribution in [0.1, 0.15) is 32.6 Å². The molecular formula is C13H24N2O6. The third-order valence-corrected chi connectivity index (χ3v) is 2.85. The molecule has 8 heteroatoms. The lowest BCUT2D eigenvalue weighted by atomic mass is 10.0. The van der Waals surface area contributed by atoms with Crippen LogP contribution in [0.4, 0.5) is 0 Å². The Morgan fingerprint density at radius 3 is 2.19 bits per heavy atom. The van der Waals surface area contributed by atoms with Crippen molar-refractivity contribution in [3.8, 4) is 0 Å². The SMILES string of the molecule is CCCCC/C=C/O[C@@H](C(N)=O)[C@@H](O)[C@H](O)[C@H](O)C(N)=O. The van der Waals surface area contributed by atoms with E-state index in [-0.39, 0.29) is 0 Å². The Balaban J connectivity index is 4.53. The summed E-state index contributed by atoms with van der Waals surface area (Å²) in [4.78, 5) is 21.9. The summed E-state index contributed by atoms with van der Waals surface area (Å²) in [5.74, 6) is -2.28. The molecule has 0 heterocycles. The van der Waals surface area contributed by atoms with Gasteiger partial charge in [-0.2, -0.15) is 0 Å². The summed E-state index contributed by atoms with van der Waals surface area (Å²) >= 11 is 0. The molecule has 0 bridgehead atoms. The predicted molar refractivity (Wildman–Crippen MR) is 74.6 cm³/mol. The Labute approximate surface area is 123 Å². The lowest BCUT2D eigenvalue weighted by Crippen LogP contribution is -2.53. The number of nitrogens with two attached hydrogens (primary N) is 2. The van der Waals surface area contributed by atoms with E-state index in [1.54, 1.807) is 6.08 Å². The number of aliphatic hydroxyl groups is 3. The molecule has 0 saturated carbocycles. The largest absolute Gasteiger partial charge is 0.486 e. The highest BCUT2D eigenvalue weighted by Crippen LogP contribution is 2.09. The lowest BCUT2D eigenvalue weighted by molar-refractivity contribution is -0.152. The van der Waals surface area contributed by atoms with E-state index in [0.29, 0.717) is 0 Å². The van der Waals surface area contributed by atoms with Crippen molar-refractivity contribution in [3.63, 3.8) is 0 Å². The molecule has 7 N–H and O–H groups in total. The summed E-state index contributed by atoms with van der Waals surface area (Å²) in [6.07, 6.45) is -0.864. The molecule has 0 aromatic carbocycles. The first-order chi connectivity index (χ1) is 9.82. The van der Waals surface area contributed by atoms with Crippen LogP contribution in [0.25, 0.3) is 0 Å². The Morgan fingerprint density at radius 1 is 1.10 bits per heavy atom. The van der Waals surface area contributed by atoms with E-state index in [4.69, 9.17) is 16.2 Å². The number of carbonyl (C=O) groups is 2. The van der Waals surface area contributed by atoms with Gasteiger partial charge in [-0.25, -0.2) is 0 Å². The fraction of sp³-hybridized carbons (Fsp3) is 0.692. The lowest BCUT2D eigenvalue weighted by Gasteiger charge is -2.25. The van der Waals surface area contributed by atoms with Gasteiger partial charge in [-0.05, 0) is 18.9 Å². The topological polar surface area (TPSA) is 156 Å². The van der Waals surface area contributed by atoms with Crippen LogP contribution in [0.2, 0.25) is 0 Å². The van der Waals surface area contributed by atoms with Gasteiger partial charge in [0.2, 0.25) is 12.0 Å². The average molecular weight is 304 g/mol. The molecule has 0 fully saturated rings. The molecule has 0 aliphatic carbocycles. The van der Waals surface area contributed by atoms with E-state index in [0.717, 1.165) is 25.7 Å². The molecule has 2 amide bonds. The second kappa shape index (κ2) is 10.1. The minimum atomic E-state index is -2.03. The maximum atomic E-state index is 11.2. The summed E-state index contributed by atoms with van der Waals surface area (Å²) in [5.41, 5.74) is 9.84. The number of rotatable bonds is 11. The predicted octanol–water partition coefficient (Wildman–Crippen LogP) is -1.48. The van der Waals surface area contributed by atoms with Crippen LogP contribution < -0.4 is 11.5 Å². The molecule has 8 nitrogen and oxygen atoms in total. The van der Waals surface area contributed by atoms with Gasteiger partial charge < -0.3 is 31.5 Å². The van der Waals surface area contributed by atoms with Gasteiger partial charge in [0.15, 0.2) is 6.10 Å². The molecular weight excluding hydrogens is 280 g/mol. The number of hydrogen-bond donors (Lipinski definition) is 5. The third-order valence-electron chi connectivity index (χ3n) is 2.85. The fourth-order valence-corrected chi connectivity index (χ4v) is 1.57. The van der Waals surface area contributed by atoms with E-state index in [9.17, 15) is 24.9 Å². The molecule has 0 unspecified atom stereocenters. The first kappa shape index (κ1) is 19.4. The highest BCUT2D eigenvalue weighted by molar-refractivity contribution is 5.81. The van der Waals surface area contributed by atoms with Gasteiger partial charge in [0.1, 0.15) is 12.2 Å². The van der Waals surface area contributed by atoms with Crippen molar-refractivity contribution in [1.29, 1.82) is 0 Å². The quantitative estimate of drug-likeness (QED) is 0.231. The van der Waals surface area contributed by atoms with Gasteiger partial charge in [0.05, 0.1) is 6.26 Å². The van der Waals surface area contributed by atoms with Crippen LogP contribution in [0, 0.1) is 0 Å². The highest BCUT2D eigenvalue weighted by Gasteiger charge is 2.37. The number of unbranched alkanes of at least 4 members (excludes halogenated alkanes) is 3. The van der Waals surface area contributed by atoms with Crippen LogP contribution in [0.5, 0.6) is 0 Å². The molecule has 0 aromatic heterocycles. The van der Waals surface area contributed by atoms with Crippen LogP contribution in [0.3, 0.4) is 0 Å². The summed E-state index contributed by atoms with van der Waals surface area (Å²) in [6.45, 7) is 2.06. The van der Waals surface area contributed by atoms with Crippen molar-refractivity contribution in [1.82, 2.24) is 0 Å². The first-order valence-corrected chi connectivity index (χ1v) is 6.76. The van der Waals surface area contributed by atoms with Crippen molar-refractivity contribution in [2.45, 2.75) is 57.0 Å². The number of primary amides is 2. The summed E-state index contributed by atoms with van der Waals surface area (Å²) < 4.78 is 4.97. The number of allylic oxidation sites excluding steroid dienone is 1. The van der Waals surface area contributed by atoms with E-state index in [1.807, 2.05) is 0 Å². The van der Waals surface area contributed by atoms with Crippen molar-refractivity contribution in [2.24, 2.45) is 11.5 Å². The number of hydrogen-bond acceptors (Lipinski definition) is 6. The molecule has 0 aliphatic rings. The van der Waals surface area contributed by atoms with Crippen LogP contribution >= 0.6 is 0 Å². The van der Waals surface area contributed by atoms with Gasteiger partial charge in [0, 0.05) is 0 Å². The number of carbonyl (C=O) groups excluding carboxylic acids is 2. The highest BCUT2D eigenvalue weighted by atomic mass is 16.5. The zero-order valence-electron chi connectivity index (χ0n) is 12.0. The molecule has 0 radical (unpaired) electrons. The Hall–Kier alpha value is -1.64. The fourth-order valence-electron chi connectivity index (χ4n) is 1.57. The van der Waals surface area contributed by atoms with Crippen LogP contribution in [0.15, 0.2) is 12.3 Å². The van der Waals surface area contributed by atoms with Gasteiger partial charge in [-0.15, -0.1) is 0 Å². The molecule has 4 atom stereocenters. The second-order valence-corrected chi connectivity index (χ2v) is 4.66. The summed E-state index contributed by atoms with van der Waals surface area (Å²) in [5, 5.41) is 28.5. The number of amides is 2. The maximum Gasteiger partial charge on any atom is 0.261 e. The molecule has 0 aliphatic heterocycles. The second-order valence-electron chi connectivity index (χ2n) is 4.66. The number of ether oxygens (including phenoxy) is 1. The molecule has 122 valence electrons. The van der Waals surface area contributed by atoms with E-state index >= 15 is 0 Å². The van der Waals surface area contributed by atoms with Gasteiger partial charge in [0.25, 0.3) is 5.91 Å². The van der Waals surface area contributed by atoms with Crippen molar-refractivity contribution in [3.05, 3.63) is 12.3 Å². The van der Waals surface area contributed by atoms with Gasteiger partial charge >= 0.3 is 0 Å². The monoisotopic (exact) mass is 304 g/mol. The maximum absolute atomic E-state index is 11.2. The van der Waals surface area contributed by atoms with E-state index < -0.39 is 36.2 Å². The first-order valence-electron chi connectivity index (χ1n) is 6.76. The van der Waals surface area contributed by atoms with Crippen molar-refractivity contribution in [2.75, 3.05) is 0 Å². The Kier molecular flexibility index (Phi) is 9.35. The minimum absolute atomic E-state index is 0.724. The van der Waals surface area contributed by atoms with Gasteiger partial charge in [-0.3, -0.25) is 9.59 Å². The molecule has 21 heavy (non-hydrogen) atoms. The summed E-state index contributed by atoms with van der Waals surface area (Å²) in [7, 11) is 0. The standard InChI is InChI=1S/C13H24N2O6/c1-2-3-4-5-6-7-21-11(13(15)20)9(17)8(16)10(18)12(14)19/h6-11,16-18H,2-5H2,1H3,(H2,14,19)(H2,15,20)/b7-6+/t8-,9-,10-,11+/m0/s1. The Morgan fingerprint density at radius 2 is 1.71 bits per heavy atom.